The minimum atomic E-state index is -0.385. The van der Waals surface area contributed by atoms with Gasteiger partial charge in [-0.05, 0) is 13.0 Å². The zero-order valence-electron chi connectivity index (χ0n) is 15.0. The van der Waals surface area contributed by atoms with Gasteiger partial charge in [-0.1, -0.05) is 44.0 Å². The summed E-state index contributed by atoms with van der Waals surface area (Å²) in [6.45, 7) is 9.97. The largest absolute Gasteiger partial charge is 0.357 e. The van der Waals surface area contributed by atoms with Crippen LogP contribution in [-0.4, -0.2) is 36.1 Å². The third-order valence-corrected chi connectivity index (χ3v) is 4.19. The molecule has 0 bridgehead atoms. The van der Waals surface area contributed by atoms with Crippen LogP contribution in [0.3, 0.4) is 0 Å². The molecule has 6 nitrogen and oxygen atoms in total. The molecule has 0 fully saturated rings. The lowest BCUT2D eigenvalue weighted by Crippen LogP contribution is -2.43. The molecule has 0 aliphatic rings. The summed E-state index contributed by atoms with van der Waals surface area (Å²) >= 11 is 12.1. The van der Waals surface area contributed by atoms with Gasteiger partial charge < -0.3 is 20.5 Å². The van der Waals surface area contributed by atoms with Gasteiger partial charge in [0.25, 0.3) is 0 Å². The minimum absolute atomic E-state index is 0.0272. The Kier molecular flexibility index (Phi) is 7.90. The van der Waals surface area contributed by atoms with Crippen LogP contribution in [0.1, 0.15) is 33.4 Å². The molecule has 1 heterocycles. The van der Waals surface area contributed by atoms with E-state index in [0.29, 0.717) is 35.8 Å². The standard InChI is InChI=1S/C16H27Cl2N5O/c1-6-19-15(21-8-7-20-14(24)16(2,3)4)22-10-11-9-12(17)13(18)23(11)5/h9H,6-8,10H2,1-5H3,(H,20,24)(H2,19,21,22). The summed E-state index contributed by atoms with van der Waals surface area (Å²) in [4.78, 5) is 16.3. The quantitative estimate of drug-likeness (QED) is 0.406. The van der Waals surface area contributed by atoms with Crippen LogP contribution in [0, 0.1) is 5.41 Å². The van der Waals surface area contributed by atoms with Crippen LogP contribution in [0.4, 0.5) is 0 Å². The molecule has 0 aromatic carbocycles. The first-order valence-corrected chi connectivity index (χ1v) is 8.72. The number of aromatic nitrogens is 1. The monoisotopic (exact) mass is 375 g/mol. The Morgan fingerprint density at radius 1 is 1.21 bits per heavy atom. The number of halogens is 2. The fourth-order valence-electron chi connectivity index (χ4n) is 1.86. The number of hydrogen-bond acceptors (Lipinski definition) is 2. The van der Waals surface area contributed by atoms with Gasteiger partial charge in [0.2, 0.25) is 5.91 Å². The van der Waals surface area contributed by atoms with E-state index in [2.05, 4.69) is 20.9 Å². The van der Waals surface area contributed by atoms with Crippen molar-refractivity contribution < 1.29 is 4.79 Å². The summed E-state index contributed by atoms with van der Waals surface area (Å²) in [7, 11) is 1.85. The predicted molar refractivity (Wildman–Crippen MR) is 101 cm³/mol. The van der Waals surface area contributed by atoms with Crippen LogP contribution in [0.2, 0.25) is 10.2 Å². The van der Waals surface area contributed by atoms with E-state index >= 15 is 0 Å². The lowest BCUT2D eigenvalue weighted by Gasteiger charge is -2.18. The molecule has 0 radical (unpaired) electrons. The summed E-state index contributed by atoms with van der Waals surface area (Å²) in [5.74, 6) is 0.704. The number of carbonyl (C=O) groups excluding carboxylic acids is 1. The van der Waals surface area contributed by atoms with Crippen molar-refractivity contribution in [3.8, 4) is 0 Å². The van der Waals surface area contributed by atoms with Gasteiger partial charge in [-0.2, -0.15) is 0 Å². The Balaban J connectivity index is 2.54. The smallest absolute Gasteiger partial charge is 0.225 e. The van der Waals surface area contributed by atoms with Crippen molar-refractivity contribution in [1.29, 1.82) is 0 Å². The van der Waals surface area contributed by atoms with Crippen LogP contribution < -0.4 is 16.0 Å². The van der Waals surface area contributed by atoms with E-state index in [1.54, 1.807) is 10.6 Å². The third kappa shape index (κ3) is 6.24. The van der Waals surface area contributed by atoms with Gasteiger partial charge in [0.1, 0.15) is 5.15 Å². The van der Waals surface area contributed by atoms with Gasteiger partial charge in [0.15, 0.2) is 5.96 Å². The molecule has 24 heavy (non-hydrogen) atoms. The molecule has 0 saturated carbocycles. The zero-order valence-corrected chi connectivity index (χ0v) is 16.5. The molecule has 0 atom stereocenters. The van der Waals surface area contributed by atoms with Crippen molar-refractivity contribution in [2.75, 3.05) is 19.6 Å². The van der Waals surface area contributed by atoms with Crippen LogP contribution in [-0.2, 0) is 18.4 Å². The maximum Gasteiger partial charge on any atom is 0.225 e. The first-order chi connectivity index (χ1) is 11.2. The number of rotatable bonds is 6. The topological polar surface area (TPSA) is 70.5 Å². The second kappa shape index (κ2) is 9.18. The lowest BCUT2D eigenvalue weighted by atomic mass is 9.96. The van der Waals surface area contributed by atoms with Gasteiger partial charge in [-0.15, -0.1) is 0 Å². The highest BCUT2D eigenvalue weighted by atomic mass is 35.5. The average molecular weight is 376 g/mol. The molecule has 8 heteroatoms. The maximum atomic E-state index is 11.8. The minimum Gasteiger partial charge on any atom is -0.357 e. The fourth-order valence-corrected chi connectivity index (χ4v) is 2.28. The summed E-state index contributed by atoms with van der Waals surface area (Å²) < 4.78 is 1.81. The Hall–Kier alpha value is -1.40. The van der Waals surface area contributed by atoms with Crippen molar-refractivity contribution in [2.24, 2.45) is 17.5 Å². The van der Waals surface area contributed by atoms with Gasteiger partial charge >= 0.3 is 0 Å². The van der Waals surface area contributed by atoms with Gasteiger partial charge in [-0.3, -0.25) is 4.79 Å². The summed E-state index contributed by atoms with van der Waals surface area (Å²) in [5.41, 5.74) is 0.534. The molecule has 0 aliphatic heterocycles. The van der Waals surface area contributed by atoms with Crippen LogP contribution in [0.5, 0.6) is 0 Å². The first-order valence-electron chi connectivity index (χ1n) is 7.97. The Morgan fingerprint density at radius 3 is 2.33 bits per heavy atom. The highest BCUT2D eigenvalue weighted by Crippen LogP contribution is 2.25. The van der Waals surface area contributed by atoms with Crippen molar-refractivity contribution in [2.45, 2.75) is 34.2 Å². The molecule has 1 aromatic rings. The van der Waals surface area contributed by atoms with Crippen molar-refractivity contribution in [1.82, 2.24) is 20.5 Å². The summed E-state index contributed by atoms with van der Waals surface area (Å²) in [6, 6.07) is 1.81. The van der Waals surface area contributed by atoms with Crippen molar-refractivity contribution >= 4 is 35.1 Å². The number of carbonyl (C=O) groups is 1. The summed E-state index contributed by atoms with van der Waals surface area (Å²) in [5, 5.41) is 10.3. The highest BCUT2D eigenvalue weighted by Gasteiger charge is 2.20. The third-order valence-electron chi connectivity index (χ3n) is 3.34. The first kappa shape index (κ1) is 20.6. The van der Waals surface area contributed by atoms with Crippen molar-refractivity contribution in [3.05, 3.63) is 21.9 Å². The van der Waals surface area contributed by atoms with Gasteiger partial charge in [0, 0.05) is 37.8 Å². The average Bonchev–Trinajstić information content (AvgIpc) is 2.75. The van der Waals surface area contributed by atoms with E-state index in [9.17, 15) is 4.79 Å². The normalized spacial score (nSPS) is 12.2. The van der Waals surface area contributed by atoms with Crippen molar-refractivity contribution in [3.63, 3.8) is 0 Å². The fraction of sp³-hybridized carbons (Fsp3) is 0.625. The molecule has 1 rings (SSSR count). The molecule has 0 spiro atoms. The molecule has 1 amide bonds. The lowest BCUT2D eigenvalue weighted by molar-refractivity contribution is -0.128. The van der Waals surface area contributed by atoms with Crippen LogP contribution >= 0.6 is 23.2 Å². The second-order valence-electron chi connectivity index (χ2n) is 6.46. The number of aliphatic imine (C=N–C) groups is 1. The van der Waals surface area contributed by atoms with E-state index < -0.39 is 0 Å². The Morgan fingerprint density at radius 2 is 1.83 bits per heavy atom. The SMILES string of the molecule is CCNC(=NCc1cc(Cl)c(Cl)n1C)NCCNC(=O)C(C)(C)C. The molecule has 136 valence electrons. The van der Waals surface area contributed by atoms with E-state index in [0.717, 1.165) is 12.2 Å². The van der Waals surface area contributed by atoms with Gasteiger partial charge in [0.05, 0.1) is 11.6 Å². The molecule has 1 aromatic heterocycles. The number of hydrogen-bond donors (Lipinski definition) is 3. The van der Waals surface area contributed by atoms with Gasteiger partial charge in [-0.25, -0.2) is 4.99 Å². The molecular formula is C16H27Cl2N5O. The number of nitrogens with zero attached hydrogens (tertiary/aromatic N) is 2. The predicted octanol–water partition coefficient (Wildman–Crippen LogP) is 2.55. The van der Waals surface area contributed by atoms with E-state index in [4.69, 9.17) is 23.2 Å². The summed E-state index contributed by atoms with van der Waals surface area (Å²) in [6.07, 6.45) is 0. The molecule has 0 unspecified atom stereocenters. The molecule has 3 N–H and O–H groups in total. The van der Waals surface area contributed by atoms with E-state index in [-0.39, 0.29) is 11.3 Å². The Bertz CT molecular complexity index is 590. The maximum absolute atomic E-state index is 11.8. The number of nitrogens with one attached hydrogen (secondary N) is 3. The molecular weight excluding hydrogens is 349 g/mol. The van der Waals surface area contributed by atoms with Crippen LogP contribution in [0.25, 0.3) is 0 Å². The van der Waals surface area contributed by atoms with Crippen LogP contribution in [0.15, 0.2) is 11.1 Å². The highest BCUT2D eigenvalue weighted by molar-refractivity contribution is 6.41. The van der Waals surface area contributed by atoms with E-state index in [1.165, 1.54) is 0 Å². The second-order valence-corrected chi connectivity index (χ2v) is 7.23. The molecule has 0 saturated heterocycles. The zero-order chi connectivity index (χ0) is 18.3. The molecule has 0 aliphatic carbocycles. The van der Waals surface area contributed by atoms with E-state index in [1.807, 2.05) is 34.7 Å². The Labute approximate surface area is 154 Å². The number of amides is 1. The number of guanidine groups is 1.